The number of para-hydroxylation sites is 3. The van der Waals surface area contributed by atoms with Crippen molar-refractivity contribution in [1.29, 1.82) is 0 Å². The van der Waals surface area contributed by atoms with Gasteiger partial charge >= 0.3 is 0 Å². The molecule has 0 N–H and O–H groups in total. The van der Waals surface area contributed by atoms with E-state index in [1.807, 2.05) is 24.3 Å². The molecule has 5 heteroatoms. The second kappa shape index (κ2) is 12.7. The van der Waals surface area contributed by atoms with Gasteiger partial charge in [-0.1, -0.05) is 166 Å². The van der Waals surface area contributed by atoms with E-state index < -0.39 is 0 Å². The molecule has 8 aromatic carbocycles. The molecular formula is C54H36N4O. The van der Waals surface area contributed by atoms with Gasteiger partial charge in [-0.15, -0.1) is 0 Å². The average molecular weight is 757 g/mol. The molecule has 278 valence electrons. The van der Waals surface area contributed by atoms with Gasteiger partial charge in [-0.2, -0.15) is 0 Å². The van der Waals surface area contributed by atoms with Crippen LogP contribution in [-0.4, -0.2) is 19.5 Å². The summed E-state index contributed by atoms with van der Waals surface area (Å²) in [4.78, 5) is 15.8. The van der Waals surface area contributed by atoms with Crippen LogP contribution in [0.5, 0.6) is 0 Å². The molecule has 5 nitrogen and oxygen atoms in total. The first kappa shape index (κ1) is 33.5. The lowest BCUT2D eigenvalue weighted by molar-refractivity contribution is 0.660. The van der Waals surface area contributed by atoms with Crippen molar-refractivity contribution in [1.82, 2.24) is 19.5 Å². The number of hydrogen-bond acceptors (Lipinski definition) is 4. The summed E-state index contributed by atoms with van der Waals surface area (Å²) >= 11 is 0. The smallest absolute Gasteiger partial charge is 0.166 e. The Hall–Kier alpha value is -7.63. The second-order valence-electron chi connectivity index (χ2n) is 16.0. The molecule has 0 amide bonds. The zero-order valence-electron chi connectivity index (χ0n) is 32.5. The highest BCUT2D eigenvalue weighted by Gasteiger charge is 2.35. The molecule has 0 aliphatic heterocycles. The molecule has 1 aliphatic rings. The highest BCUT2D eigenvalue weighted by atomic mass is 16.3. The van der Waals surface area contributed by atoms with Crippen LogP contribution in [0.3, 0.4) is 0 Å². The number of hydrogen-bond donors (Lipinski definition) is 0. The van der Waals surface area contributed by atoms with Crippen LogP contribution in [0.25, 0.3) is 106 Å². The van der Waals surface area contributed by atoms with Gasteiger partial charge in [-0.25, -0.2) is 15.0 Å². The summed E-state index contributed by atoms with van der Waals surface area (Å²) in [6.45, 7) is 4.61. The third-order valence-electron chi connectivity index (χ3n) is 12.3. The van der Waals surface area contributed by atoms with Crippen molar-refractivity contribution in [2.24, 2.45) is 0 Å². The number of nitrogens with zero attached hydrogens (tertiary/aromatic N) is 4. The molecule has 0 saturated heterocycles. The van der Waals surface area contributed by atoms with E-state index in [-0.39, 0.29) is 5.41 Å². The van der Waals surface area contributed by atoms with Crippen molar-refractivity contribution in [3.05, 3.63) is 193 Å². The summed E-state index contributed by atoms with van der Waals surface area (Å²) in [5.74, 6) is 1.88. The molecule has 3 heterocycles. The Bertz CT molecular complexity index is 3470. The summed E-state index contributed by atoms with van der Waals surface area (Å²) in [7, 11) is 0. The van der Waals surface area contributed by atoms with Crippen LogP contribution < -0.4 is 0 Å². The van der Waals surface area contributed by atoms with Gasteiger partial charge in [0.15, 0.2) is 17.5 Å². The number of benzene rings is 8. The minimum atomic E-state index is -0.160. The topological polar surface area (TPSA) is 56.7 Å². The molecule has 11 aromatic rings. The van der Waals surface area contributed by atoms with E-state index in [9.17, 15) is 0 Å². The minimum absolute atomic E-state index is 0.160. The Morgan fingerprint density at radius 3 is 1.88 bits per heavy atom. The SMILES string of the molecule is CC1(C)c2ccccc2-c2ccc(-c3nc(-c4ccccc4)nc(-c4cccc5c6ccccc6n(-c6cccc7oc8c(-c9ccccc9)cccc8c67)c45)n3)cc21. The fourth-order valence-electron chi connectivity index (χ4n) is 9.49. The zero-order chi connectivity index (χ0) is 39.2. The van der Waals surface area contributed by atoms with Crippen molar-refractivity contribution in [2.45, 2.75) is 19.3 Å². The van der Waals surface area contributed by atoms with E-state index in [0.29, 0.717) is 17.5 Å². The van der Waals surface area contributed by atoms with Crippen molar-refractivity contribution >= 4 is 43.7 Å². The standard InChI is InChI=1S/C54H36N4O/c1-54(2)43-26-11-9-20-37(43)38-31-30-35(32-44(38)54)52-55-51(34-18-7-4-8-19-34)56-53(57-52)42-25-14-23-40-39-21-10-12-27-45(39)58(49(40)42)46-28-15-29-47-48(46)41-24-13-22-36(50(41)59-47)33-16-5-3-6-17-33/h3-32H,1-2H3. The lowest BCUT2D eigenvalue weighted by atomic mass is 9.82. The third-order valence-corrected chi connectivity index (χ3v) is 12.3. The molecule has 0 unspecified atom stereocenters. The summed E-state index contributed by atoms with van der Waals surface area (Å²) < 4.78 is 9.15. The Balaban J connectivity index is 1.12. The highest BCUT2D eigenvalue weighted by molar-refractivity contribution is 6.18. The number of rotatable bonds is 5. The van der Waals surface area contributed by atoms with Crippen LogP contribution >= 0.6 is 0 Å². The molecule has 0 atom stereocenters. The van der Waals surface area contributed by atoms with Crippen LogP contribution in [-0.2, 0) is 5.41 Å². The fraction of sp³-hybridized carbons (Fsp3) is 0.0556. The van der Waals surface area contributed by atoms with E-state index in [1.54, 1.807) is 0 Å². The van der Waals surface area contributed by atoms with Crippen LogP contribution in [0.2, 0.25) is 0 Å². The number of aromatic nitrogens is 4. The third kappa shape index (κ3) is 5.01. The van der Waals surface area contributed by atoms with E-state index >= 15 is 0 Å². The first-order chi connectivity index (χ1) is 29.0. The molecule has 0 fully saturated rings. The number of furan rings is 1. The number of fused-ring (bicyclic) bond motifs is 9. The Morgan fingerprint density at radius 2 is 1.05 bits per heavy atom. The van der Waals surface area contributed by atoms with Gasteiger partial charge in [0.25, 0.3) is 0 Å². The van der Waals surface area contributed by atoms with Crippen molar-refractivity contribution in [2.75, 3.05) is 0 Å². The fourth-order valence-corrected chi connectivity index (χ4v) is 9.49. The second-order valence-corrected chi connectivity index (χ2v) is 16.0. The van der Waals surface area contributed by atoms with Crippen LogP contribution in [0.4, 0.5) is 0 Å². The van der Waals surface area contributed by atoms with Crippen LogP contribution in [0, 0.1) is 0 Å². The predicted octanol–water partition coefficient (Wildman–Crippen LogP) is 13.8. The quantitative estimate of drug-likeness (QED) is 0.175. The van der Waals surface area contributed by atoms with E-state index in [2.05, 4.69) is 176 Å². The van der Waals surface area contributed by atoms with Crippen LogP contribution in [0.15, 0.2) is 186 Å². The average Bonchev–Trinajstić information content (AvgIpc) is 3.92. The summed E-state index contributed by atoms with van der Waals surface area (Å²) in [6.07, 6.45) is 0. The molecule has 1 aliphatic carbocycles. The molecule has 3 aromatic heterocycles. The first-order valence-electron chi connectivity index (χ1n) is 20.1. The maximum Gasteiger partial charge on any atom is 0.166 e. The Morgan fingerprint density at radius 1 is 0.441 bits per heavy atom. The molecule has 0 radical (unpaired) electrons. The molecule has 12 rings (SSSR count). The lowest BCUT2D eigenvalue weighted by Crippen LogP contribution is -2.15. The summed E-state index contributed by atoms with van der Waals surface area (Å²) in [5, 5.41) is 4.39. The van der Waals surface area contributed by atoms with E-state index in [1.165, 1.54) is 22.3 Å². The summed E-state index contributed by atoms with van der Waals surface area (Å²) in [6, 6.07) is 64.0. The molecule has 0 bridgehead atoms. The van der Waals surface area contributed by atoms with Gasteiger partial charge in [0.1, 0.15) is 11.2 Å². The predicted molar refractivity (Wildman–Crippen MR) is 241 cm³/mol. The summed E-state index contributed by atoms with van der Waals surface area (Å²) in [5.41, 5.74) is 14.9. The minimum Gasteiger partial charge on any atom is -0.455 e. The maximum absolute atomic E-state index is 6.77. The van der Waals surface area contributed by atoms with E-state index in [4.69, 9.17) is 19.4 Å². The first-order valence-corrected chi connectivity index (χ1v) is 20.1. The van der Waals surface area contributed by atoms with Gasteiger partial charge in [-0.05, 0) is 58.1 Å². The zero-order valence-corrected chi connectivity index (χ0v) is 32.5. The van der Waals surface area contributed by atoms with Gasteiger partial charge in [-0.3, -0.25) is 0 Å². The van der Waals surface area contributed by atoms with Crippen molar-refractivity contribution in [3.63, 3.8) is 0 Å². The van der Waals surface area contributed by atoms with Gasteiger partial charge in [0, 0.05) is 43.8 Å². The monoisotopic (exact) mass is 756 g/mol. The molecule has 0 spiro atoms. The lowest BCUT2D eigenvalue weighted by Gasteiger charge is -2.21. The molecule has 0 saturated carbocycles. The van der Waals surface area contributed by atoms with Crippen molar-refractivity contribution < 1.29 is 4.42 Å². The highest BCUT2D eigenvalue weighted by Crippen LogP contribution is 2.50. The van der Waals surface area contributed by atoms with Crippen LogP contribution in [0.1, 0.15) is 25.0 Å². The normalized spacial score (nSPS) is 13.1. The maximum atomic E-state index is 6.77. The van der Waals surface area contributed by atoms with Gasteiger partial charge in [0.05, 0.1) is 22.1 Å². The van der Waals surface area contributed by atoms with Crippen molar-refractivity contribution in [3.8, 4) is 62.1 Å². The Kier molecular flexibility index (Phi) is 7.20. The van der Waals surface area contributed by atoms with Gasteiger partial charge in [0.2, 0.25) is 0 Å². The van der Waals surface area contributed by atoms with E-state index in [0.717, 1.165) is 77.2 Å². The molecular weight excluding hydrogens is 721 g/mol. The largest absolute Gasteiger partial charge is 0.455 e. The van der Waals surface area contributed by atoms with Gasteiger partial charge < -0.3 is 8.98 Å². The molecule has 59 heavy (non-hydrogen) atoms. The Labute approximate surface area is 340 Å².